The molecule has 0 heterocycles. The van der Waals surface area contributed by atoms with Gasteiger partial charge in [0.25, 0.3) is 5.91 Å². The summed E-state index contributed by atoms with van der Waals surface area (Å²) in [6.07, 6.45) is 3.52. The Morgan fingerprint density at radius 3 is 2.71 bits per heavy atom. The van der Waals surface area contributed by atoms with Gasteiger partial charge < -0.3 is 14.8 Å². The van der Waals surface area contributed by atoms with E-state index >= 15 is 0 Å². The van der Waals surface area contributed by atoms with E-state index in [-0.39, 0.29) is 23.6 Å². The summed E-state index contributed by atoms with van der Waals surface area (Å²) in [5, 5.41) is 12.1. The first-order valence-electron chi connectivity index (χ1n) is 8.00. The first-order valence-corrected chi connectivity index (χ1v) is 8.79. The van der Waals surface area contributed by atoms with Crippen LogP contribution < -0.4 is 14.8 Å². The number of nitrogens with zero attached hydrogens (tertiary/aromatic N) is 1. The first-order chi connectivity index (χ1) is 11.4. The Labute approximate surface area is 150 Å². The van der Waals surface area contributed by atoms with Crippen molar-refractivity contribution >= 4 is 27.9 Å². The van der Waals surface area contributed by atoms with Gasteiger partial charge in [0, 0.05) is 10.5 Å². The first kappa shape index (κ1) is 18.3. The molecule has 128 valence electrons. The molecule has 1 aromatic rings. The Kier molecular flexibility index (Phi) is 6.27. The third-order valence-corrected chi connectivity index (χ3v) is 3.99. The van der Waals surface area contributed by atoms with Gasteiger partial charge in [-0.05, 0) is 57.4 Å². The largest absolute Gasteiger partial charge is 0.490 e. The molecule has 0 atom stereocenters. The molecule has 0 aromatic heterocycles. The second-order valence-corrected chi connectivity index (χ2v) is 6.69. The molecule has 0 aliphatic heterocycles. The van der Waals surface area contributed by atoms with Crippen LogP contribution in [-0.4, -0.2) is 24.7 Å². The van der Waals surface area contributed by atoms with Crippen molar-refractivity contribution in [3.63, 3.8) is 0 Å². The van der Waals surface area contributed by atoms with Crippen LogP contribution in [0.3, 0.4) is 0 Å². The van der Waals surface area contributed by atoms with Crippen LogP contribution in [-0.2, 0) is 4.79 Å². The van der Waals surface area contributed by atoms with Crippen molar-refractivity contribution in [1.29, 1.82) is 5.26 Å². The van der Waals surface area contributed by atoms with Crippen LogP contribution in [0, 0.1) is 11.3 Å². The third-order valence-electron chi connectivity index (χ3n) is 3.30. The Bertz CT molecular complexity index is 688. The number of halogens is 1. The molecule has 1 amide bonds. The van der Waals surface area contributed by atoms with Crippen molar-refractivity contribution in [2.75, 3.05) is 6.61 Å². The molecule has 0 saturated heterocycles. The highest BCUT2D eigenvalue weighted by atomic mass is 79.9. The SMILES string of the molecule is CCOc1cc(C=C(C#N)C(=O)NC2CC2)c(Br)cc1OC(C)C. The van der Waals surface area contributed by atoms with Crippen molar-refractivity contribution in [3.8, 4) is 17.6 Å². The summed E-state index contributed by atoms with van der Waals surface area (Å²) in [6, 6.07) is 5.74. The molecule has 0 bridgehead atoms. The molecule has 1 aliphatic carbocycles. The highest BCUT2D eigenvalue weighted by Gasteiger charge is 2.25. The quantitative estimate of drug-likeness (QED) is 0.565. The van der Waals surface area contributed by atoms with E-state index in [1.807, 2.05) is 26.8 Å². The van der Waals surface area contributed by atoms with Crippen LogP contribution in [0.1, 0.15) is 39.2 Å². The van der Waals surface area contributed by atoms with E-state index in [1.54, 1.807) is 18.2 Å². The summed E-state index contributed by atoms with van der Waals surface area (Å²) in [6.45, 7) is 6.26. The van der Waals surface area contributed by atoms with E-state index in [2.05, 4.69) is 21.2 Å². The van der Waals surface area contributed by atoms with Crippen LogP contribution >= 0.6 is 15.9 Å². The molecular formula is C18H21BrN2O3. The average molecular weight is 393 g/mol. The Morgan fingerprint density at radius 1 is 1.46 bits per heavy atom. The van der Waals surface area contributed by atoms with E-state index in [0.29, 0.717) is 23.7 Å². The second kappa shape index (κ2) is 8.20. The molecule has 1 aliphatic rings. The van der Waals surface area contributed by atoms with E-state index < -0.39 is 0 Å². The number of ether oxygens (including phenoxy) is 2. The van der Waals surface area contributed by atoms with Crippen molar-refractivity contribution in [1.82, 2.24) is 5.32 Å². The summed E-state index contributed by atoms with van der Waals surface area (Å²) < 4.78 is 12.1. The number of nitrogens with one attached hydrogen (secondary N) is 1. The summed E-state index contributed by atoms with van der Waals surface area (Å²) in [4.78, 5) is 12.1. The second-order valence-electron chi connectivity index (χ2n) is 5.84. The number of hydrogen-bond acceptors (Lipinski definition) is 4. The normalized spacial score (nSPS) is 14.2. The molecule has 1 saturated carbocycles. The van der Waals surface area contributed by atoms with Crippen LogP contribution in [0.5, 0.6) is 11.5 Å². The van der Waals surface area contributed by atoms with E-state index in [0.717, 1.165) is 17.3 Å². The van der Waals surface area contributed by atoms with Gasteiger partial charge >= 0.3 is 0 Å². The van der Waals surface area contributed by atoms with Gasteiger partial charge in [-0.2, -0.15) is 5.26 Å². The smallest absolute Gasteiger partial charge is 0.262 e. The maximum Gasteiger partial charge on any atom is 0.262 e. The van der Waals surface area contributed by atoms with Crippen LogP contribution in [0.2, 0.25) is 0 Å². The van der Waals surface area contributed by atoms with Crippen molar-refractivity contribution < 1.29 is 14.3 Å². The van der Waals surface area contributed by atoms with Gasteiger partial charge in [-0.25, -0.2) is 0 Å². The topological polar surface area (TPSA) is 71.3 Å². The number of carbonyl (C=O) groups excluding carboxylic acids is 1. The highest BCUT2D eigenvalue weighted by molar-refractivity contribution is 9.10. The summed E-state index contributed by atoms with van der Waals surface area (Å²) in [7, 11) is 0. The predicted molar refractivity (Wildman–Crippen MR) is 95.8 cm³/mol. The molecule has 0 spiro atoms. The minimum atomic E-state index is -0.340. The lowest BCUT2D eigenvalue weighted by atomic mass is 10.1. The Balaban J connectivity index is 2.33. The van der Waals surface area contributed by atoms with E-state index in [1.165, 1.54) is 0 Å². The van der Waals surface area contributed by atoms with Crippen LogP contribution in [0.4, 0.5) is 0 Å². The number of carbonyl (C=O) groups is 1. The van der Waals surface area contributed by atoms with Crippen LogP contribution in [0.25, 0.3) is 6.08 Å². The van der Waals surface area contributed by atoms with Gasteiger partial charge in [-0.15, -0.1) is 0 Å². The third kappa shape index (κ3) is 5.00. The average Bonchev–Trinajstić information content (AvgIpc) is 3.32. The zero-order chi connectivity index (χ0) is 17.7. The maximum absolute atomic E-state index is 12.1. The molecule has 6 heteroatoms. The monoisotopic (exact) mass is 392 g/mol. The van der Waals surface area contributed by atoms with Crippen LogP contribution in [0.15, 0.2) is 22.2 Å². The predicted octanol–water partition coefficient (Wildman–Crippen LogP) is 3.82. The molecule has 24 heavy (non-hydrogen) atoms. The fraction of sp³-hybridized carbons (Fsp3) is 0.444. The lowest BCUT2D eigenvalue weighted by Gasteiger charge is -2.16. The molecular weight excluding hydrogens is 372 g/mol. The molecule has 5 nitrogen and oxygen atoms in total. The number of benzene rings is 1. The molecule has 1 fully saturated rings. The minimum Gasteiger partial charge on any atom is -0.490 e. The summed E-state index contributed by atoms with van der Waals surface area (Å²) in [5.74, 6) is 0.865. The lowest BCUT2D eigenvalue weighted by Crippen LogP contribution is -2.26. The van der Waals surface area contributed by atoms with Crippen molar-refractivity contribution in [2.45, 2.75) is 45.8 Å². The zero-order valence-electron chi connectivity index (χ0n) is 14.1. The Hall–Kier alpha value is -2.00. The molecule has 0 unspecified atom stereocenters. The maximum atomic E-state index is 12.1. The van der Waals surface area contributed by atoms with Gasteiger partial charge in [-0.1, -0.05) is 15.9 Å². The highest BCUT2D eigenvalue weighted by Crippen LogP contribution is 2.35. The molecule has 2 rings (SSSR count). The van der Waals surface area contributed by atoms with Gasteiger partial charge in [0.15, 0.2) is 11.5 Å². The summed E-state index contributed by atoms with van der Waals surface area (Å²) >= 11 is 3.47. The van der Waals surface area contributed by atoms with Gasteiger partial charge in [-0.3, -0.25) is 4.79 Å². The number of hydrogen-bond donors (Lipinski definition) is 1. The molecule has 1 N–H and O–H groups in total. The van der Waals surface area contributed by atoms with Crippen molar-refractivity contribution in [2.24, 2.45) is 0 Å². The minimum absolute atomic E-state index is 0.0106. The fourth-order valence-electron chi connectivity index (χ4n) is 2.07. The van der Waals surface area contributed by atoms with E-state index in [9.17, 15) is 10.1 Å². The number of rotatable bonds is 7. The fourth-order valence-corrected chi connectivity index (χ4v) is 2.51. The van der Waals surface area contributed by atoms with Gasteiger partial charge in [0.1, 0.15) is 11.6 Å². The molecule has 0 radical (unpaired) electrons. The van der Waals surface area contributed by atoms with E-state index in [4.69, 9.17) is 9.47 Å². The standard InChI is InChI=1S/C18H21BrN2O3/c1-4-23-16-8-12(15(19)9-17(16)24-11(2)3)7-13(10-20)18(22)21-14-5-6-14/h7-9,11,14H,4-6H2,1-3H3,(H,21,22). The van der Waals surface area contributed by atoms with Gasteiger partial charge in [0.05, 0.1) is 12.7 Å². The lowest BCUT2D eigenvalue weighted by molar-refractivity contribution is -0.117. The zero-order valence-corrected chi connectivity index (χ0v) is 15.6. The Morgan fingerprint density at radius 2 is 2.17 bits per heavy atom. The van der Waals surface area contributed by atoms with Gasteiger partial charge in [0.2, 0.25) is 0 Å². The number of amides is 1. The number of nitriles is 1. The van der Waals surface area contributed by atoms with Crippen molar-refractivity contribution in [3.05, 3.63) is 27.7 Å². The molecule has 1 aromatic carbocycles. The summed E-state index contributed by atoms with van der Waals surface area (Å²) in [5.41, 5.74) is 0.764.